The number of urea groups is 1. The molecule has 0 aliphatic carbocycles. The second-order valence-corrected chi connectivity index (χ2v) is 5.59. The zero-order chi connectivity index (χ0) is 16.9. The molecule has 3 N–H and O–H groups in total. The summed E-state index contributed by atoms with van der Waals surface area (Å²) in [5.41, 5.74) is 2.22. The van der Waals surface area contributed by atoms with Crippen LogP contribution < -0.4 is 20.7 Å². The monoisotopic (exact) mass is 325 g/mol. The lowest BCUT2D eigenvalue weighted by Crippen LogP contribution is -2.35. The first kappa shape index (κ1) is 15.9. The van der Waals surface area contributed by atoms with Crippen LogP contribution in [0.25, 0.3) is 0 Å². The van der Waals surface area contributed by atoms with Crippen molar-refractivity contribution in [1.82, 2.24) is 5.32 Å². The van der Waals surface area contributed by atoms with Crippen LogP contribution in [0.1, 0.15) is 24.9 Å². The molecule has 6 nitrogen and oxygen atoms in total. The lowest BCUT2D eigenvalue weighted by molar-refractivity contribution is -0.114. The number of para-hydroxylation sites is 1. The number of nitrogens with one attached hydrogen (secondary N) is 3. The molecule has 1 aliphatic rings. The van der Waals surface area contributed by atoms with E-state index < -0.39 is 0 Å². The van der Waals surface area contributed by atoms with Crippen molar-refractivity contribution in [3.63, 3.8) is 0 Å². The van der Waals surface area contributed by atoms with Gasteiger partial charge >= 0.3 is 6.03 Å². The van der Waals surface area contributed by atoms with Crippen molar-refractivity contribution in [3.05, 3.63) is 54.1 Å². The van der Waals surface area contributed by atoms with Crippen molar-refractivity contribution in [2.75, 3.05) is 17.2 Å². The van der Waals surface area contributed by atoms with Crippen LogP contribution in [0.2, 0.25) is 0 Å². The van der Waals surface area contributed by atoms with E-state index in [2.05, 4.69) is 16.0 Å². The molecule has 6 heteroatoms. The third-order valence-electron chi connectivity index (χ3n) is 3.70. The average molecular weight is 325 g/mol. The van der Waals surface area contributed by atoms with Gasteiger partial charge in [0.05, 0.1) is 12.6 Å². The number of rotatable bonds is 3. The molecule has 24 heavy (non-hydrogen) atoms. The van der Waals surface area contributed by atoms with E-state index in [4.69, 9.17) is 4.74 Å². The minimum Gasteiger partial charge on any atom is -0.493 e. The Morgan fingerprint density at radius 1 is 1.04 bits per heavy atom. The van der Waals surface area contributed by atoms with Gasteiger partial charge in [-0.25, -0.2) is 4.79 Å². The highest BCUT2D eigenvalue weighted by atomic mass is 16.5. The predicted molar refractivity (Wildman–Crippen MR) is 92.2 cm³/mol. The van der Waals surface area contributed by atoms with Gasteiger partial charge in [0, 0.05) is 30.3 Å². The van der Waals surface area contributed by atoms with Crippen LogP contribution in [0.4, 0.5) is 16.2 Å². The second-order valence-electron chi connectivity index (χ2n) is 5.59. The third-order valence-corrected chi connectivity index (χ3v) is 3.70. The molecule has 1 heterocycles. The SMILES string of the molecule is CC(=O)Nc1cccc(NC(=O)NC2CCOc3ccccc32)c1. The van der Waals surface area contributed by atoms with Crippen LogP contribution in [-0.2, 0) is 4.79 Å². The Hall–Kier alpha value is -3.02. The molecule has 0 spiro atoms. The Morgan fingerprint density at radius 3 is 2.58 bits per heavy atom. The Kier molecular flexibility index (Phi) is 4.65. The molecule has 0 saturated carbocycles. The third kappa shape index (κ3) is 3.84. The van der Waals surface area contributed by atoms with Crippen molar-refractivity contribution >= 4 is 23.3 Å². The number of ether oxygens (including phenoxy) is 1. The molecule has 0 radical (unpaired) electrons. The fourth-order valence-corrected chi connectivity index (χ4v) is 2.70. The summed E-state index contributed by atoms with van der Waals surface area (Å²) in [7, 11) is 0. The summed E-state index contributed by atoms with van der Waals surface area (Å²) in [6, 6.07) is 14.3. The van der Waals surface area contributed by atoms with Crippen LogP contribution >= 0.6 is 0 Å². The Labute approximate surface area is 140 Å². The summed E-state index contributed by atoms with van der Waals surface area (Å²) in [5, 5.41) is 8.44. The minimum absolute atomic E-state index is 0.0894. The molecule has 0 saturated heterocycles. The van der Waals surface area contributed by atoms with Gasteiger partial charge in [-0.2, -0.15) is 0 Å². The van der Waals surface area contributed by atoms with Crippen LogP contribution in [0, 0.1) is 0 Å². The number of benzene rings is 2. The van der Waals surface area contributed by atoms with Crippen molar-refractivity contribution in [3.8, 4) is 5.75 Å². The van der Waals surface area contributed by atoms with Gasteiger partial charge in [0.25, 0.3) is 0 Å². The molecule has 3 rings (SSSR count). The van der Waals surface area contributed by atoms with Gasteiger partial charge in [0.15, 0.2) is 0 Å². The van der Waals surface area contributed by atoms with Crippen LogP contribution in [0.3, 0.4) is 0 Å². The topological polar surface area (TPSA) is 79.5 Å². The first-order valence-corrected chi connectivity index (χ1v) is 7.79. The smallest absolute Gasteiger partial charge is 0.319 e. The summed E-state index contributed by atoms with van der Waals surface area (Å²) in [5.74, 6) is 0.650. The molecule has 0 fully saturated rings. The maximum absolute atomic E-state index is 12.3. The number of carbonyl (C=O) groups excluding carboxylic acids is 2. The maximum atomic E-state index is 12.3. The number of amides is 3. The molecule has 2 aromatic carbocycles. The van der Waals surface area contributed by atoms with Gasteiger partial charge in [-0.15, -0.1) is 0 Å². The number of fused-ring (bicyclic) bond motifs is 1. The number of hydrogen-bond acceptors (Lipinski definition) is 3. The first-order chi connectivity index (χ1) is 11.6. The normalized spacial score (nSPS) is 15.6. The summed E-state index contributed by atoms with van der Waals surface area (Å²) in [6.07, 6.45) is 0.719. The number of carbonyl (C=O) groups is 2. The van der Waals surface area contributed by atoms with Gasteiger partial charge < -0.3 is 20.7 Å². The molecular formula is C18H19N3O3. The van der Waals surface area contributed by atoms with Gasteiger partial charge in [-0.05, 0) is 24.3 Å². The van der Waals surface area contributed by atoms with E-state index in [9.17, 15) is 9.59 Å². The predicted octanol–water partition coefficient (Wildman–Crippen LogP) is 3.29. The van der Waals surface area contributed by atoms with E-state index >= 15 is 0 Å². The Bertz CT molecular complexity index is 761. The first-order valence-electron chi connectivity index (χ1n) is 7.79. The highest BCUT2D eigenvalue weighted by molar-refractivity contribution is 5.92. The second kappa shape index (κ2) is 7.04. The zero-order valence-corrected chi connectivity index (χ0v) is 13.3. The van der Waals surface area contributed by atoms with E-state index in [1.54, 1.807) is 24.3 Å². The van der Waals surface area contributed by atoms with E-state index in [-0.39, 0.29) is 18.0 Å². The number of hydrogen-bond donors (Lipinski definition) is 3. The molecule has 0 bridgehead atoms. The molecule has 3 amide bonds. The van der Waals surface area contributed by atoms with Gasteiger partial charge in [-0.3, -0.25) is 4.79 Å². The summed E-state index contributed by atoms with van der Waals surface area (Å²) in [6.45, 7) is 2.01. The number of anilines is 2. The molecule has 124 valence electrons. The highest BCUT2D eigenvalue weighted by Gasteiger charge is 2.22. The van der Waals surface area contributed by atoms with Crippen molar-refractivity contribution in [1.29, 1.82) is 0 Å². The van der Waals surface area contributed by atoms with Crippen molar-refractivity contribution < 1.29 is 14.3 Å². The zero-order valence-electron chi connectivity index (χ0n) is 13.3. The largest absolute Gasteiger partial charge is 0.493 e. The van der Waals surface area contributed by atoms with Crippen molar-refractivity contribution in [2.24, 2.45) is 0 Å². The van der Waals surface area contributed by atoms with E-state index in [1.165, 1.54) is 6.92 Å². The molecule has 0 aromatic heterocycles. The average Bonchev–Trinajstić information content (AvgIpc) is 2.55. The van der Waals surface area contributed by atoms with E-state index in [0.29, 0.717) is 18.0 Å². The standard InChI is InChI=1S/C18H19N3O3/c1-12(22)19-13-5-4-6-14(11-13)20-18(23)21-16-9-10-24-17-8-3-2-7-15(16)17/h2-8,11,16H,9-10H2,1H3,(H,19,22)(H2,20,21,23). The molecule has 2 aromatic rings. The van der Waals surface area contributed by atoms with E-state index in [0.717, 1.165) is 17.7 Å². The summed E-state index contributed by atoms with van der Waals surface area (Å²) in [4.78, 5) is 23.4. The highest BCUT2D eigenvalue weighted by Crippen LogP contribution is 2.31. The van der Waals surface area contributed by atoms with Crippen molar-refractivity contribution in [2.45, 2.75) is 19.4 Å². The van der Waals surface area contributed by atoms with Crippen LogP contribution in [0.5, 0.6) is 5.75 Å². The fraction of sp³-hybridized carbons (Fsp3) is 0.222. The summed E-state index contributed by atoms with van der Waals surface area (Å²) < 4.78 is 5.59. The lowest BCUT2D eigenvalue weighted by atomic mass is 10.0. The van der Waals surface area contributed by atoms with E-state index in [1.807, 2.05) is 24.3 Å². The van der Waals surface area contributed by atoms with Crippen LogP contribution in [0.15, 0.2) is 48.5 Å². The van der Waals surface area contributed by atoms with Crippen LogP contribution in [-0.4, -0.2) is 18.5 Å². The van der Waals surface area contributed by atoms with Gasteiger partial charge in [0.2, 0.25) is 5.91 Å². The minimum atomic E-state index is -0.295. The molecular weight excluding hydrogens is 306 g/mol. The Balaban J connectivity index is 1.65. The quantitative estimate of drug-likeness (QED) is 0.810. The lowest BCUT2D eigenvalue weighted by Gasteiger charge is -2.26. The fourth-order valence-electron chi connectivity index (χ4n) is 2.70. The summed E-state index contributed by atoms with van der Waals surface area (Å²) >= 11 is 0. The van der Waals surface area contributed by atoms with Gasteiger partial charge in [0.1, 0.15) is 5.75 Å². The molecule has 1 aliphatic heterocycles. The Morgan fingerprint density at radius 2 is 1.79 bits per heavy atom. The molecule has 1 unspecified atom stereocenters. The molecule has 1 atom stereocenters. The maximum Gasteiger partial charge on any atom is 0.319 e. The van der Waals surface area contributed by atoms with Gasteiger partial charge in [-0.1, -0.05) is 24.3 Å².